The lowest BCUT2D eigenvalue weighted by Gasteiger charge is -2.20. The van der Waals surface area contributed by atoms with Crippen LogP contribution in [-0.4, -0.2) is 0 Å². The van der Waals surface area contributed by atoms with Gasteiger partial charge in [-0.05, 0) is 36.8 Å². The summed E-state index contributed by atoms with van der Waals surface area (Å²) in [6, 6.07) is 2.25. The van der Waals surface area contributed by atoms with Crippen molar-refractivity contribution in [1.82, 2.24) is 0 Å². The first-order valence-corrected chi connectivity index (χ1v) is 4.54. The normalized spacial score (nSPS) is 36.2. The van der Waals surface area contributed by atoms with Crippen molar-refractivity contribution in [3.8, 4) is 6.07 Å². The van der Waals surface area contributed by atoms with Crippen molar-refractivity contribution in [3.63, 3.8) is 0 Å². The molecule has 2 aliphatic carbocycles. The van der Waals surface area contributed by atoms with E-state index in [1.807, 2.05) is 6.92 Å². The lowest BCUT2D eigenvalue weighted by molar-refractivity contribution is 0.478. The molecule has 0 unspecified atom stereocenters. The van der Waals surface area contributed by atoms with Gasteiger partial charge in [-0.15, -0.1) is 0 Å². The lowest BCUT2D eigenvalue weighted by Crippen LogP contribution is -2.07. The molecule has 1 heteroatoms. The standard InChI is InChI=1S/C11H13N/c1-7-3-9-5-11(9)10(4-7)8(2)6-12/h5,7,9H,3-4H2,1-2H3/b10-8-/t7-,9-/m0/s1. The maximum absolute atomic E-state index is 8.77. The maximum Gasteiger partial charge on any atom is 0.0947 e. The van der Waals surface area contributed by atoms with Crippen LogP contribution in [0.25, 0.3) is 0 Å². The van der Waals surface area contributed by atoms with Crippen molar-refractivity contribution in [2.24, 2.45) is 11.8 Å². The van der Waals surface area contributed by atoms with Gasteiger partial charge in [-0.1, -0.05) is 13.0 Å². The Hall–Kier alpha value is -1.03. The SMILES string of the molecule is C/C(C#N)=C1\C[C@@H](C)C[C@H]2C=C12. The number of hydrogen-bond donors (Lipinski definition) is 0. The van der Waals surface area contributed by atoms with Gasteiger partial charge in [0, 0.05) is 11.5 Å². The highest BCUT2D eigenvalue weighted by Gasteiger charge is 2.35. The van der Waals surface area contributed by atoms with Crippen LogP contribution in [0.5, 0.6) is 0 Å². The van der Waals surface area contributed by atoms with Gasteiger partial charge in [0.25, 0.3) is 0 Å². The van der Waals surface area contributed by atoms with E-state index in [1.165, 1.54) is 17.6 Å². The summed E-state index contributed by atoms with van der Waals surface area (Å²) in [5.74, 6) is 1.49. The molecule has 2 aliphatic rings. The largest absolute Gasteiger partial charge is 0.193 e. The van der Waals surface area contributed by atoms with Gasteiger partial charge in [-0.3, -0.25) is 0 Å². The number of allylic oxidation sites excluding steroid dienone is 4. The van der Waals surface area contributed by atoms with Gasteiger partial charge in [-0.2, -0.15) is 5.26 Å². The lowest BCUT2D eigenvalue weighted by atomic mass is 9.84. The third kappa shape index (κ3) is 1.08. The number of nitrogens with zero attached hydrogens (tertiary/aromatic N) is 1. The molecule has 0 bridgehead atoms. The summed E-state index contributed by atoms with van der Waals surface area (Å²) in [5, 5.41) is 8.77. The first-order valence-electron chi connectivity index (χ1n) is 4.54. The summed E-state index contributed by atoms with van der Waals surface area (Å²) in [6.45, 7) is 4.21. The molecule has 0 aromatic rings. The molecule has 0 N–H and O–H groups in total. The van der Waals surface area contributed by atoms with Crippen LogP contribution < -0.4 is 0 Å². The summed E-state index contributed by atoms with van der Waals surface area (Å²) in [4.78, 5) is 0. The van der Waals surface area contributed by atoms with E-state index in [0.717, 1.165) is 23.8 Å². The average Bonchev–Trinajstić information content (AvgIpc) is 2.80. The summed E-state index contributed by atoms with van der Waals surface area (Å²) in [6.07, 6.45) is 4.72. The van der Waals surface area contributed by atoms with E-state index < -0.39 is 0 Å². The van der Waals surface area contributed by atoms with Crippen LogP contribution >= 0.6 is 0 Å². The van der Waals surface area contributed by atoms with E-state index in [2.05, 4.69) is 19.1 Å². The third-order valence-electron chi connectivity index (χ3n) is 2.85. The molecule has 1 nitrogen and oxygen atoms in total. The molecule has 1 saturated carbocycles. The molecule has 0 heterocycles. The van der Waals surface area contributed by atoms with E-state index in [-0.39, 0.29) is 0 Å². The van der Waals surface area contributed by atoms with E-state index in [9.17, 15) is 0 Å². The number of rotatable bonds is 0. The summed E-state index contributed by atoms with van der Waals surface area (Å²) >= 11 is 0. The zero-order valence-corrected chi connectivity index (χ0v) is 7.59. The maximum atomic E-state index is 8.77. The minimum absolute atomic E-state index is 0.729. The number of nitriles is 1. The van der Waals surface area contributed by atoms with Crippen LogP contribution in [0.4, 0.5) is 0 Å². The highest BCUT2D eigenvalue weighted by Crippen LogP contribution is 2.48. The minimum Gasteiger partial charge on any atom is -0.193 e. The Morgan fingerprint density at radius 2 is 2.42 bits per heavy atom. The second-order valence-corrected chi connectivity index (χ2v) is 3.99. The van der Waals surface area contributed by atoms with Gasteiger partial charge in [-0.25, -0.2) is 0 Å². The van der Waals surface area contributed by atoms with E-state index in [4.69, 9.17) is 5.26 Å². The van der Waals surface area contributed by atoms with Crippen LogP contribution in [0.2, 0.25) is 0 Å². The van der Waals surface area contributed by atoms with Crippen molar-refractivity contribution >= 4 is 0 Å². The predicted octanol–water partition coefficient (Wildman–Crippen LogP) is 2.81. The molecule has 1 fully saturated rings. The molecule has 0 aliphatic heterocycles. The Labute approximate surface area is 73.4 Å². The second kappa shape index (κ2) is 2.48. The van der Waals surface area contributed by atoms with Crippen molar-refractivity contribution in [2.75, 3.05) is 0 Å². The molecular weight excluding hydrogens is 146 g/mol. The van der Waals surface area contributed by atoms with Crippen LogP contribution in [0.3, 0.4) is 0 Å². The van der Waals surface area contributed by atoms with Crippen LogP contribution in [-0.2, 0) is 0 Å². The van der Waals surface area contributed by atoms with Crippen LogP contribution in [0.1, 0.15) is 26.7 Å². The quantitative estimate of drug-likeness (QED) is 0.498. The van der Waals surface area contributed by atoms with Crippen molar-refractivity contribution in [1.29, 1.82) is 5.26 Å². The Morgan fingerprint density at radius 1 is 1.67 bits per heavy atom. The third-order valence-corrected chi connectivity index (χ3v) is 2.85. The minimum atomic E-state index is 0.729. The zero-order chi connectivity index (χ0) is 8.72. The van der Waals surface area contributed by atoms with Crippen molar-refractivity contribution in [2.45, 2.75) is 26.7 Å². The Bertz CT molecular complexity index is 314. The Kier molecular flexibility index (Phi) is 1.58. The topological polar surface area (TPSA) is 23.8 Å². The molecule has 0 amide bonds. The van der Waals surface area contributed by atoms with E-state index in [0.29, 0.717) is 0 Å². The molecule has 2 rings (SSSR count). The molecule has 0 spiro atoms. The molecule has 0 radical (unpaired) electrons. The van der Waals surface area contributed by atoms with Gasteiger partial charge in [0.05, 0.1) is 6.07 Å². The van der Waals surface area contributed by atoms with E-state index >= 15 is 0 Å². The van der Waals surface area contributed by atoms with Gasteiger partial charge in [0.1, 0.15) is 0 Å². The second-order valence-electron chi connectivity index (χ2n) is 3.99. The summed E-state index contributed by atoms with van der Waals surface area (Å²) in [5.41, 5.74) is 3.73. The zero-order valence-electron chi connectivity index (χ0n) is 7.59. The molecule has 12 heavy (non-hydrogen) atoms. The van der Waals surface area contributed by atoms with Crippen molar-refractivity contribution in [3.05, 3.63) is 22.8 Å². The molecule has 0 aromatic heterocycles. The predicted molar refractivity (Wildman–Crippen MR) is 48.3 cm³/mol. The fourth-order valence-corrected chi connectivity index (χ4v) is 2.11. The number of hydrogen-bond acceptors (Lipinski definition) is 1. The number of fused-ring (bicyclic) bond motifs is 1. The first kappa shape index (κ1) is 7.61. The fraction of sp³-hybridized carbons (Fsp3) is 0.545. The van der Waals surface area contributed by atoms with Crippen LogP contribution in [0, 0.1) is 23.2 Å². The highest BCUT2D eigenvalue weighted by molar-refractivity contribution is 5.53. The monoisotopic (exact) mass is 159 g/mol. The van der Waals surface area contributed by atoms with Crippen LogP contribution in [0.15, 0.2) is 22.8 Å². The van der Waals surface area contributed by atoms with Crippen molar-refractivity contribution < 1.29 is 0 Å². The summed E-state index contributed by atoms with van der Waals surface area (Å²) < 4.78 is 0. The smallest absolute Gasteiger partial charge is 0.0947 e. The molecule has 0 aromatic carbocycles. The van der Waals surface area contributed by atoms with Gasteiger partial charge in [0.2, 0.25) is 0 Å². The van der Waals surface area contributed by atoms with Gasteiger partial charge < -0.3 is 0 Å². The average molecular weight is 159 g/mol. The molecule has 0 saturated heterocycles. The van der Waals surface area contributed by atoms with Gasteiger partial charge in [0.15, 0.2) is 0 Å². The molecule has 62 valence electrons. The van der Waals surface area contributed by atoms with Gasteiger partial charge >= 0.3 is 0 Å². The Morgan fingerprint density at radius 3 is 3.08 bits per heavy atom. The fourth-order valence-electron chi connectivity index (χ4n) is 2.11. The highest BCUT2D eigenvalue weighted by atomic mass is 14.4. The van der Waals surface area contributed by atoms with E-state index in [1.54, 1.807) is 0 Å². The first-order chi connectivity index (χ1) is 5.72. The molecular formula is C11H13N. The Balaban J connectivity index is 2.27. The summed E-state index contributed by atoms with van der Waals surface area (Å²) in [7, 11) is 0. The molecule has 2 atom stereocenters.